The molecular formula is C25H41NO4. The molecule has 1 aliphatic carbocycles. The zero-order valence-electron chi connectivity index (χ0n) is 20.0. The van der Waals surface area contributed by atoms with Crippen LogP contribution in [0.5, 0.6) is 11.5 Å². The van der Waals surface area contributed by atoms with Gasteiger partial charge in [-0.05, 0) is 36.3 Å². The second-order valence-electron chi connectivity index (χ2n) is 9.66. The van der Waals surface area contributed by atoms with E-state index in [-0.39, 0.29) is 23.4 Å². The van der Waals surface area contributed by atoms with Gasteiger partial charge in [-0.15, -0.1) is 0 Å². The highest BCUT2D eigenvalue weighted by atomic mass is 16.6. The van der Waals surface area contributed by atoms with Gasteiger partial charge >= 0.3 is 5.97 Å². The zero-order valence-corrected chi connectivity index (χ0v) is 20.0. The van der Waals surface area contributed by atoms with Gasteiger partial charge in [0.15, 0.2) is 0 Å². The first-order valence-electron chi connectivity index (χ1n) is 11.4. The molecule has 0 amide bonds. The maximum atomic E-state index is 12.0. The summed E-state index contributed by atoms with van der Waals surface area (Å²) in [6.07, 6.45) is 4.98. The van der Waals surface area contributed by atoms with Crippen molar-refractivity contribution >= 4 is 5.97 Å². The average molecular weight is 420 g/mol. The summed E-state index contributed by atoms with van der Waals surface area (Å²) in [7, 11) is 1.70. The number of methoxy groups -OCH3 is 1. The van der Waals surface area contributed by atoms with E-state index in [2.05, 4.69) is 52.1 Å². The third-order valence-electron chi connectivity index (χ3n) is 5.75. The molecule has 1 unspecified atom stereocenters. The van der Waals surface area contributed by atoms with E-state index < -0.39 is 0 Å². The average Bonchev–Trinajstić information content (AvgIpc) is 3.22. The van der Waals surface area contributed by atoms with Crippen LogP contribution in [0.4, 0.5) is 0 Å². The summed E-state index contributed by atoms with van der Waals surface area (Å²) in [6.45, 7) is 13.6. The molecule has 0 heterocycles. The molecule has 1 atom stereocenters. The quantitative estimate of drug-likeness (QED) is 0.518. The highest BCUT2D eigenvalue weighted by molar-refractivity contribution is 5.69. The van der Waals surface area contributed by atoms with E-state index in [9.17, 15) is 4.79 Å². The Morgan fingerprint density at radius 3 is 2.40 bits per heavy atom. The van der Waals surface area contributed by atoms with Gasteiger partial charge in [-0.3, -0.25) is 4.79 Å². The maximum Gasteiger partial charge on any atom is 0.305 e. The molecule has 0 radical (unpaired) electrons. The van der Waals surface area contributed by atoms with E-state index in [1.54, 1.807) is 7.11 Å². The number of carbonyl (C=O) groups is 1. The van der Waals surface area contributed by atoms with Gasteiger partial charge < -0.3 is 19.5 Å². The lowest BCUT2D eigenvalue weighted by molar-refractivity contribution is -0.150. The summed E-state index contributed by atoms with van der Waals surface area (Å²) in [5.74, 6) is 1.82. The highest BCUT2D eigenvalue weighted by Crippen LogP contribution is 2.40. The molecule has 0 aliphatic heterocycles. The van der Waals surface area contributed by atoms with Gasteiger partial charge in [0.05, 0.1) is 7.11 Å². The number of carbonyl (C=O) groups excluding carboxylic acids is 1. The maximum absolute atomic E-state index is 12.0. The van der Waals surface area contributed by atoms with E-state index in [0.717, 1.165) is 22.6 Å². The van der Waals surface area contributed by atoms with Crippen molar-refractivity contribution in [1.29, 1.82) is 0 Å². The van der Waals surface area contributed by atoms with Gasteiger partial charge in [-0.2, -0.15) is 0 Å². The summed E-state index contributed by atoms with van der Waals surface area (Å²) in [4.78, 5) is 12.0. The minimum absolute atomic E-state index is 0.106. The molecule has 1 aliphatic rings. The number of hydrogen-bond donors (Lipinski definition) is 1. The van der Waals surface area contributed by atoms with Crippen LogP contribution in [0.3, 0.4) is 0 Å². The summed E-state index contributed by atoms with van der Waals surface area (Å²) < 4.78 is 17.7. The van der Waals surface area contributed by atoms with Crippen LogP contribution in [0, 0.1) is 0 Å². The second-order valence-corrected chi connectivity index (χ2v) is 9.66. The molecule has 170 valence electrons. The predicted molar refractivity (Wildman–Crippen MR) is 122 cm³/mol. The number of hydrogen-bond acceptors (Lipinski definition) is 5. The first-order chi connectivity index (χ1) is 14.2. The number of esters is 1. The van der Waals surface area contributed by atoms with Crippen molar-refractivity contribution in [3.63, 3.8) is 0 Å². The van der Waals surface area contributed by atoms with Crippen LogP contribution in [0.15, 0.2) is 12.1 Å². The van der Waals surface area contributed by atoms with Crippen LogP contribution in [0.25, 0.3) is 0 Å². The molecule has 2 rings (SSSR count). The molecule has 1 aromatic carbocycles. The third kappa shape index (κ3) is 6.90. The normalized spacial score (nSPS) is 16.0. The van der Waals surface area contributed by atoms with Crippen LogP contribution >= 0.6 is 0 Å². The van der Waals surface area contributed by atoms with Gasteiger partial charge in [0.25, 0.3) is 0 Å². The Kier molecular flexibility index (Phi) is 9.02. The molecule has 1 saturated carbocycles. The van der Waals surface area contributed by atoms with Crippen molar-refractivity contribution in [3.05, 3.63) is 23.3 Å². The highest BCUT2D eigenvalue weighted by Gasteiger charge is 2.26. The van der Waals surface area contributed by atoms with Gasteiger partial charge in [-0.25, -0.2) is 0 Å². The van der Waals surface area contributed by atoms with E-state index in [1.807, 2.05) is 6.92 Å². The van der Waals surface area contributed by atoms with Crippen molar-refractivity contribution in [2.24, 2.45) is 0 Å². The summed E-state index contributed by atoms with van der Waals surface area (Å²) in [5, 5.41) is 3.57. The first-order valence-corrected chi connectivity index (χ1v) is 11.4. The molecule has 5 heteroatoms. The SMILES string of the molecule is CCC(=O)OC(CNC1CCCC1)COc1c(C(C)C)cc(OC)cc1C(C)(C)C. The Bertz CT molecular complexity index is 687. The third-order valence-corrected chi connectivity index (χ3v) is 5.75. The fourth-order valence-electron chi connectivity index (χ4n) is 3.90. The smallest absolute Gasteiger partial charge is 0.305 e. The largest absolute Gasteiger partial charge is 0.497 e. The molecule has 1 aromatic rings. The molecule has 0 saturated heterocycles. The summed E-state index contributed by atoms with van der Waals surface area (Å²) >= 11 is 0. The van der Waals surface area contributed by atoms with Crippen molar-refractivity contribution in [1.82, 2.24) is 5.32 Å². The van der Waals surface area contributed by atoms with Gasteiger partial charge in [0.1, 0.15) is 24.2 Å². The van der Waals surface area contributed by atoms with E-state index in [1.165, 1.54) is 25.7 Å². The van der Waals surface area contributed by atoms with Crippen LogP contribution in [0.1, 0.15) is 90.7 Å². The molecule has 5 nitrogen and oxygen atoms in total. The molecule has 30 heavy (non-hydrogen) atoms. The summed E-state index contributed by atoms with van der Waals surface area (Å²) in [5.41, 5.74) is 2.11. The fraction of sp³-hybridized carbons (Fsp3) is 0.720. The standard InChI is InChI=1S/C25H41NO4/c1-8-23(27)30-20(15-26-18-11-9-10-12-18)16-29-24-21(17(2)3)13-19(28-7)14-22(24)25(4,5)6/h13-14,17-18,20,26H,8-12,15-16H2,1-7H3. The van der Waals surface area contributed by atoms with E-state index in [4.69, 9.17) is 14.2 Å². The van der Waals surface area contributed by atoms with Crippen LogP contribution in [0.2, 0.25) is 0 Å². The van der Waals surface area contributed by atoms with Gasteiger partial charge in [0, 0.05) is 30.1 Å². The fourth-order valence-corrected chi connectivity index (χ4v) is 3.90. The monoisotopic (exact) mass is 419 g/mol. The minimum atomic E-state index is -0.312. The number of nitrogens with one attached hydrogen (secondary N) is 1. The molecule has 0 spiro atoms. The number of benzene rings is 1. The Hall–Kier alpha value is -1.75. The molecule has 1 fully saturated rings. The van der Waals surface area contributed by atoms with Gasteiger partial charge in [0.2, 0.25) is 0 Å². The lowest BCUT2D eigenvalue weighted by Crippen LogP contribution is -2.39. The zero-order chi connectivity index (χ0) is 22.3. The van der Waals surface area contributed by atoms with Crippen molar-refractivity contribution < 1.29 is 19.0 Å². The lowest BCUT2D eigenvalue weighted by Gasteiger charge is -2.28. The molecular weight excluding hydrogens is 378 g/mol. The van der Waals surface area contributed by atoms with Crippen molar-refractivity contribution in [3.8, 4) is 11.5 Å². The first kappa shape index (κ1) is 24.5. The Morgan fingerprint density at radius 1 is 1.20 bits per heavy atom. The van der Waals surface area contributed by atoms with Crippen molar-refractivity contribution in [2.45, 2.75) is 97.1 Å². The number of rotatable bonds is 10. The van der Waals surface area contributed by atoms with Crippen LogP contribution < -0.4 is 14.8 Å². The van der Waals surface area contributed by atoms with Crippen LogP contribution in [-0.2, 0) is 14.9 Å². The van der Waals surface area contributed by atoms with E-state index >= 15 is 0 Å². The predicted octanol–water partition coefficient (Wildman–Crippen LogP) is 5.35. The minimum Gasteiger partial charge on any atom is -0.497 e. The number of ether oxygens (including phenoxy) is 3. The Balaban J connectivity index is 2.23. The Morgan fingerprint density at radius 2 is 1.87 bits per heavy atom. The van der Waals surface area contributed by atoms with Crippen molar-refractivity contribution in [2.75, 3.05) is 20.3 Å². The van der Waals surface area contributed by atoms with Gasteiger partial charge in [-0.1, -0.05) is 54.4 Å². The van der Waals surface area contributed by atoms with Crippen LogP contribution in [-0.4, -0.2) is 38.4 Å². The van der Waals surface area contributed by atoms with E-state index in [0.29, 0.717) is 25.6 Å². The molecule has 0 bridgehead atoms. The molecule has 1 N–H and O–H groups in total. The summed E-state index contributed by atoms with van der Waals surface area (Å²) in [6, 6.07) is 4.63. The Labute approximate surface area is 182 Å². The lowest BCUT2D eigenvalue weighted by atomic mass is 9.83. The second kappa shape index (κ2) is 11.0. The molecule has 0 aromatic heterocycles. The topological polar surface area (TPSA) is 56.8 Å².